The molecule has 3 heteroatoms. The van der Waals surface area contributed by atoms with E-state index in [2.05, 4.69) is 32.3 Å². The Morgan fingerprint density at radius 3 is 2.41 bits per heavy atom. The number of hydrogen-bond donors (Lipinski definition) is 1. The standard InChI is InChI=1S/C14H27N3/c1-5-7-9-12-14(15)17(10-11(3)4)13(16-12)8-6-2/h11H,5-10,15H2,1-4H3. The highest BCUT2D eigenvalue weighted by atomic mass is 15.1. The Labute approximate surface area is 105 Å². The van der Waals surface area contributed by atoms with Gasteiger partial charge >= 0.3 is 0 Å². The van der Waals surface area contributed by atoms with E-state index >= 15 is 0 Å². The summed E-state index contributed by atoms with van der Waals surface area (Å²) in [6.07, 6.45) is 5.54. The van der Waals surface area contributed by atoms with Gasteiger partial charge in [-0.25, -0.2) is 4.98 Å². The van der Waals surface area contributed by atoms with Crippen molar-refractivity contribution in [2.24, 2.45) is 5.92 Å². The fourth-order valence-corrected chi connectivity index (χ4v) is 2.08. The number of nitrogens with two attached hydrogens (primary N) is 1. The molecule has 3 nitrogen and oxygen atoms in total. The molecule has 1 rings (SSSR count). The van der Waals surface area contributed by atoms with Gasteiger partial charge in [0.15, 0.2) is 0 Å². The number of rotatable bonds is 7. The van der Waals surface area contributed by atoms with Gasteiger partial charge in [0.2, 0.25) is 0 Å². The van der Waals surface area contributed by atoms with Crippen LogP contribution in [0.3, 0.4) is 0 Å². The van der Waals surface area contributed by atoms with Gasteiger partial charge in [-0.3, -0.25) is 0 Å². The third-order valence-electron chi connectivity index (χ3n) is 2.95. The minimum atomic E-state index is 0.612. The highest BCUT2D eigenvalue weighted by Crippen LogP contribution is 2.19. The first-order valence-corrected chi connectivity index (χ1v) is 6.93. The normalized spacial score (nSPS) is 11.4. The molecule has 0 aliphatic rings. The second kappa shape index (κ2) is 6.67. The van der Waals surface area contributed by atoms with Crippen molar-refractivity contribution in [1.82, 2.24) is 9.55 Å². The first kappa shape index (κ1) is 14.1. The van der Waals surface area contributed by atoms with Gasteiger partial charge < -0.3 is 10.3 Å². The molecule has 1 aromatic heterocycles. The maximum Gasteiger partial charge on any atom is 0.126 e. The van der Waals surface area contributed by atoms with Crippen LogP contribution in [0.15, 0.2) is 0 Å². The lowest BCUT2D eigenvalue weighted by molar-refractivity contribution is 0.510. The minimum Gasteiger partial charge on any atom is -0.384 e. The summed E-state index contributed by atoms with van der Waals surface area (Å²) in [5, 5.41) is 0. The summed E-state index contributed by atoms with van der Waals surface area (Å²) in [4.78, 5) is 4.73. The quantitative estimate of drug-likeness (QED) is 0.789. The fraction of sp³-hybridized carbons (Fsp3) is 0.786. The molecule has 0 radical (unpaired) electrons. The molecule has 0 saturated heterocycles. The van der Waals surface area contributed by atoms with E-state index < -0.39 is 0 Å². The number of hydrogen-bond acceptors (Lipinski definition) is 2. The van der Waals surface area contributed by atoms with Crippen LogP contribution in [0.4, 0.5) is 5.82 Å². The highest BCUT2D eigenvalue weighted by Gasteiger charge is 2.14. The molecule has 0 aromatic carbocycles. The van der Waals surface area contributed by atoms with Crippen molar-refractivity contribution in [3.05, 3.63) is 11.5 Å². The molecule has 0 unspecified atom stereocenters. The Morgan fingerprint density at radius 1 is 1.18 bits per heavy atom. The second-order valence-electron chi connectivity index (χ2n) is 5.22. The number of unbranched alkanes of at least 4 members (excludes halogenated alkanes) is 1. The van der Waals surface area contributed by atoms with Crippen LogP contribution >= 0.6 is 0 Å². The van der Waals surface area contributed by atoms with Crippen LogP contribution in [0, 0.1) is 5.92 Å². The summed E-state index contributed by atoms with van der Waals surface area (Å²) >= 11 is 0. The SMILES string of the molecule is CCCCc1nc(CCC)n(CC(C)C)c1N. The molecule has 17 heavy (non-hydrogen) atoms. The molecule has 0 amide bonds. The van der Waals surface area contributed by atoms with Crippen LogP contribution in [0.5, 0.6) is 0 Å². The number of aromatic nitrogens is 2. The monoisotopic (exact) mass is 237 g/mol. The zero-order valence-electron chi connectivity index (χ0n) is 11.8. The zero-order valence-corrected chi connectivity index (χ0v) is 11.8. The molecule has 2 N–H and O–H groups in total. The summed E-state index contributed by atoms with van der Waals surface area (Å²) in [6.45, 7) is 9.83. The molecule has 1 heterocycles. The van der Waals surface area contributed by atoms with Gasteiger partial charge in [0.05, 0.1) is 5.69 Å². The van der Waals surface area contributed by atoms with Crippen molar-refractivity contribution >= 4 is 5.82 Å². The largest absolute Gasteiger partial charge is 0.384 e. The van der Waals surface area contributed by atoms with Crippen LogP contribution < -0.4 is 5.73 Å². The van der Waals surface area contributed by atoms with E-state index in [0.717, 1.165) is 37.3 Å². The Balaban J connectivity index is 2.93. The van der Waals surface area contributed by atoms with Crippen LogP contribution in [0.2, 0.25) is 0 Å². The molecule has 0 fully saturated rings. The predicted octanol–water partition coefficient (Wildman–Crippen LogP) is 3.42. The number of imidazole rings is 1. The van der Waals surface area contributed by atoms with Crippen molar-refractivity contribution in [2.45, 2.75) is 66.3 Å². The molecule has 0 saturated carbocycles. The van der Waals surface area contributed by atoms with E-state index in [9.17, 15) is 0 Å². The lowest BCUT2D eigenvalue weighted by Gasteiger charge is -2.11. The molecule has 0 aliphatic heterocycles. The lowest BCUT2D eigenvalue weighted by Crippen LogP contribution is -2.11. The lowest BCUT2D eigenvalue weighted by atomic mass is 10.2. The van der Waals surface area contributed by atoms with Gasteiger partial charge in [0.1, 0.15) is 11.6 Å². The summed E-state index contributed by atoms with van der Waals surface area (Å²) in [6, 6.07) is 0. The van der Waals surface area contributed by atoms with Crippen LogP contribution in [-0.2, 0) is 19.4 Å². The third kappa shape index (κ3) is 3.76. The number of nitrogen functional groups attached to an aromatic ring is 1. The van der Waals surface area contributed by atoms with Crippen molar-refractivity contribution in [1.29, 1.82) is 0 Å². The summed E-state index contributed by atoms with van der Waals surface area (Å²) in [7, 11) is 0. The van der Waals surface area contributed by atoms with Gasteiger partial charge in [0.25, 0.3) is 0 Å². The van der Waals surface area contributed by atoms with E-state index in [0.29, 0.717) is 5.92 Å². The summed E-state index contributed by atoms with van der Waals surface area (Å²) < 4.78 is 2.22. The molecule has 98 valence electrons. The molecule has 0 aliphatic carbocycles. The van der Waals surface area contributed by atoms with Crippen molar-refractivity contribution in [2.75, 3.05) is 5.73 Å². The van der Waals surface area contributed by atoms with E-state index in [4.69, 9.17) is 10.7 Å². The smallest absolute Gasteiger partial charge is 0.126 e. The van der Waals surface area contributed by atoms with E-state index in [1.807, 2.05) is 0 Å². The third-order valence-corrected chi connectivity index (χ3v) is 2.95. The summed E-state index contributed by atoms with van der Waals surface area (Å²) in [5.74, 6) is 2.68. The average molecular weight is 237 g/mol. The topological polar surface area (TPSA) is 43.8 Å². The second-order valence-corrected chi connectivity index (χ2v) is 5.22. The Morgan fingerprint density at radius 2 is 1.88 bits per heavy atom. The zero-order chi connectivity index (χ0) is 12.8. The Kier molecular flexibility index (Phi) is 5.52. The Hall–Kier alpha value is -0.990. The minimum absolute atomic E-state index is 0.612. The van der Waals surface area contributed by atoms with Crippen molar-refractivity contribution in [3.63, 3.8) is 0 Å². The molecule has 1 aromatic rings. The van der Waals surface area contributed by atoms with E-state index in [1.54, 1.807) is 0 Å². The highest BCUT2D eigenvalue weighted by molar-refractivity contribution is 5.38. The van der Waals surface area contributed by atoms with Crippen LogP contribution in [0.25, 0.3) is 0 Å². The van der Waals surface area contributed by atoms with Gasteiger partial charge in [-0.05, 0) is 25.2 Å². The van der Waals surface area contributed by atoms with Gasteiger partial charge in [0, 0.05) is 13.0 Å². The maximum atomic E-state index is 6.22. The van der Waals surface area contributed by atoms with Gasteiger partial charge in [-0.2, -0.15) is 0 Å². The fourth-order valence-electron chi connectivity index (χ4n) is 2.08. The van der Waals surface area contributed by atoms with Crippen molar-refractivity contribution in [3.8, 4) is 0 Å². The molecular formula is C14H27N3. The van der Waals surface area contributed by atoms with E-state index in [-0.39, 0.29) is 0 Å². The number of nitrogens with zero attached hydrogens (tertiary/aromatic N) is 2. The van der Waals surface area contributed by atoms with E-state index in [1.165, 1.54) is 18.7 Å². The molecular weight excluding hydrogens is 210 g/mol. The molecule has 0 atom stereocenters. The van der Waals surface area contributed by atoms with Crippen LogP contribution in [-0.4, -0.2) is 9.55 Å². The summed E-state index contributed by atoms with van der Waals surface area (Å²) in [5.41, 5.74) is 7.33. The number of aryl methyl sites for hydroxylation is 2. The van der Waals surface area contributed by atoms with Crippen molar-refractivity contribution < 1.29 is 0 Å². The van der Waals surface area contributed by atoms with Crippen LogP contribution in [0.1, 0.15) is 58.5 Å². The maximum absolute atomic E-state index is 6.22. The molecule has 0 bridgehead atoms. The first-order valence-electron chi connectivity index (χ1n) is 6.93. The predicted molar refractivity (Wildman–Crippen MR) is 74.1 cm³/mol. The number of anilines is 1. The van der Waals surface area contributed by atoms with Gasteiger partial charge in [-0.1, -0.05) is 34.1 Å². The molecule has 0 spiro atoms. The first-order chi connectivity index (χ1) is 8.10. The Bertz CT molecular complexity index is 339. The average Bonchev–Trinajstić information content (AvgIpc) is 2.55. The van der Waals surface area contributed by atoms with Gasteiger partial charge in [-0.15, -0.1) is 0 Å².